The van der Waals surface area contributed by atoms with Gasteiger partial charge in [-0.3, -0.25) is 10.1 Å². The number of carbonyl (C=O) groups is 1. The first-order valence-electron chi connectivity index (χ1n) is 7.64. The van der Waals surface area contributed by atoms with Crippen molar-refractivity contribution >= 4 is 74.8 Å². The zero-order chi connectivity index (χ0) is 19.6. The zero-order valence-corrected chi connectivity index (χ0v) is 18.3. The van der Waals surface area contributed by atoms with Crippen LogP contribution < -0.4 is 10.6 Å². The summed E-state index contributed by atoms with van der Waals surface area (Å²) in [7, 11) is 0. The summed E-state index contributed by atoms with van der Waals surface area (Å²) in [4.78, 5) is 16.7. The van der Waals surface area contributed by atoms with Crippen LogP contribution in [-0.4, -0.2) is 16.0 Å². The Labute approximate surface area is 184 Å². The number of thiocarbonyl (C=S) groups is 1. The molecule has 2 heterocycles. The molecule has 138 valence electrons. The zero-order valence-electron chi connectivity index (χ0n) is 13.8. The van der Waals surface area contributed by atoms with Crippen LogP contribution in [0.2, 0.25) is 10.0 Å². The molecule has 2 N–H and O–H groups in total. The molecule has 5 nitrogen and oxygen atoms in total. The van der Waals surface area contributed by atoms with E-state index in [1.165, 1.54) is 0 Å². The molecule has 1 amide bonds. The lowest BCUT2D eigenvalue weighted by Gasteiger charge is -2.09. The number of nitrogens with zero attached hydrogens (tertiary/aromatic N) is 1. The van der Waals surface area contributed by atoms with Crippen LogP contribution in [0.15, 0.2) is 46.9 Å². The molecule has 0 aliphatic heterocycles. The number of pyridine rings is 1. The second-order valence-electron chi connectivity index (χ2n) is 5.46. The predicted molar refractivity (Wildman–Crippen MR) is 120 cm³/mol. The maximum Gasteiger partial charge on any atom is 0.293 e. The highest BCUT2D eigenvalue weighted by Crippen LogP contribution is 2.29. The van der Waals surface area contributed by atoms with E-state index in [0.29, 0.717) is 27.2 Å². The Hall–Kier alpha value is -1.68. The predicted octanol–water partition coefficient (Wildman–Crippen LogP) is 5.69. The molecular formula is C18H12Cl2IN3O2S. The van der Waals surface area contributed by atoms with Crippen molar-refractivity contribution in [2.75, 3.05) is 5.32 Å². The number of nitrogens with one attached hydrogen (secondary N) is 2. The normalized spacial score (nSPS) is 10.5. The second kappa shape index (κ2) is 8.55. The minimum Gasteiger partial charge on any atom is -0.451 e. The molecule has 0 saturated heterocycles. The fourth-order valence-electron chi connectivity index (χ4n) is 2.19. The van der Waals surface area contributed by atoms with Crippen molar-refractivity contribution in [3.63, 3.8) is 0 Å². The van der Waals surface area contributed by atoms with Gasteiger partial charge in [-0.2, -0.15) is 0 Å². The Morgan fingerprint density at radius 3 is 2.63 bits per heavy atom. The van der Waals surface area contributed by atoms with Crippen LogP contribution in [0.25, 0.3) is 11.3 Å². The van der Waals surface area contributed by atoms with Crippen LogP contribution in [-0.2, 0) is 0 Å². The number of aryl methyl sites for hydroxylation is 1. The first-order chi connectivity index (χ1) is 12.8. The molecule has 0 bridgehead atoms. The monoisotopic (exact) mass is 531 g/mol. The number of aromatic nitrogens is 1. The van der Waals surface area contributed by atoms with Gasteiger partial charge in [-0.15, -0.1) is 0 Å². The maximum absolute atomic E-state index is 12.3. The highest BCUT2D eigenvalue weighted by atomic mass is 127. The summed E-state index contributed by atoms with van der Waals surface area (Å²) >= 11 is 19.3. The molecule has 0 aliphatic rings. The number of benzene rings is 1. The highest BCUT2D eigenvalue weighted by Gasteiger charge is 2.14. The minimum absolute atomic E-state index is 0.118. The van der Waals surface area contributed by atoms with E-state index in [4.69, 9.17) is 39.8 Å². The topological polar surface area (TPSA) is 67.2 Å². The molecule has 0 saturated carbocycles. The molecule has 3 rings (SSSR count). The van der Waals surface area contributed by atoms with Gasteiger partial charge >= 0.3 is 0 Å². The lowest BCUT2D eigenvalue weighted by molar-refractivity contribution is 0.0951. The Kier molecular flexibility index (Phi) is 6.36. The van der Waals surface area contributed by atoms with Crippen molar-refractivity contribution in [2.24, 2.45) is 0 Å². The summed E-state index contributed by atoms with van der Waals surface area (Å²) in [5.41, 5.74) is 1.58. The number of amides is 1. The van der Waals surface area contributed by atoms with E-state index in [0.717, 1.165) is 9.26 Å². The lowest BCUT2D eigenvalue weighted by atomic mass is 10.2. The summed E-state index contributed by atoms with van der Waals surface area (Å²) in [5.74, 6) is 0.690. The van der Waals surface area contributed by atoms with E-state index in [-0.39, 0.29) is 10.9 Å². The molecule has 0 spiro atoms. The maximum atomic E-state index is 12.3. The standard InChI is InChI=1S/C18H12Cl2IN3O2S/c1-9-13(21)4-7-16(22-9)23-18(27)24-17(25)15-6-5-14(26-15)10-2-3-11(19)12(20)8-10/h2-8H,1H3,(H2,22,23,24,25,27). The van der Waals surface area contributed by atoms with E-state index in [1.54, 1.807) is 36.4 Å². The van der Waals surface area contributed by atoms with Crippen LogP contribution in [0.1, 0.15) is 16.2 Å². The van der Waals surface area contributed by atoms with E-state index >= 15 is 0 Å². The van der Waals surface area contributed by atoms with Gasteiger partial charge in [0, 0.05) is 9.13 Å². The lowest BCUT2D eigenvalue weighted by Crippen LogP contribution is -2.34. The number of rotatable bonds is 3. The van der Waals surface area contributed by atoms with E-state index in [2.05, 4.69) is 38.2 Å². The van der Waals surface area contributed by atoms with Gasteiger partial charge in [-0.05, 0) is 84.2 Å². The quantitative estimate of drug-likeness (QED) is 0.336. The van der Waals surface area contributed by atoms with Crippen molar-refractivity contribution < 1.29 is 9.21 Å². The number of furan rings is 1. The van der Waals surface area contributed by atoms with Crippen molar-refractivity contribution in [3.8, 4) is 11.3 Å². The first-order valence-corrected chi connectivity index (χ1v) is 9.88. The fraction of sp³-hybridized carbons (Fsp3) is 0.0556. The summed E-state index contributed by atoms with van der Waals surface area (Å²) < 4.78 is 6.63. The first kappa shape index (κ1) is 20.1. The van der Waals surface area contributed by atoms with Gasteiger partial charge in [0.2, 0.25) is 0 Å². The van der Waals surface area contributed by atoms with E-state index < -0.39 is 5.91 Å². The van der Waals surface area contributed by atoms with Gasteiger partial charge in [0.25, 0.3) is 5.91 Å². The third-order valence-electron chi connectivity index (χ3n) is 3.52. The molecule has 2 aromatic heterocycles. The van der Waals surface area contributed by atoms with Crippen molar-refractivity contribution in [1.82, 2.24) is 10.3 Å². The average Bonchev–Trinajstić information content (AvgIpc) is 3.11. The molecule has 9 heteroatoms. The highest BCUT2D eigenvalue weighted by molar-refractivity contribution is 14.1. The van der Waals surface area contributed by atoms with Gasteiger partial charge in [-0.1, -0.05) is 23.2 Å². The Morgan fingerprint density at radius 1 is 1.15 bits per heavy atom. The molecule has 27 heavy (non-hydrogen) atoms. The van der Waals surface area contributed by atoms with E-state index in [9.17, 15) is 4.79 Å². The van der Waals surface area contributed by atoms with Gasteiger partial charge in [-0.25, -0.2) is 4.98 Å². The number of halogens is 3. The van der Waals surface area contributed by atoms with Crippen molar-refractivity contribution in [1.29, 1.82) is 0 Å². The van der Waals surface area contributed by atoms with Gasteiger partial charge in [0.05, 0.1) is 15.7 Å². The molecule has 0 unspecified atom stereocenters. The van der Waals surface area contributed by atoms with Crippen molar-refractivity contribution in [3.05, 3.63) is 67.5 Å². The Balaban J connectivity index is 1.67. The summed E-state index contributed by atoms with van der Waals surface area (Å²) in [5, 5.41) is 6.41. The molecule has 0 atom stereocenters. The number of hydrogen-bond acceptors (Lipinski definition) is 4. The van der Waals surface area contributed by atoms with Gasteiger partial charge in [0.1, 0.15) is 11.6 Å². The summed E-state index contributed by atoms with van der Waals surface area (Å²) in [6, 6.07) is 12.0. The van der Waals surface area contributed by atoms with Crippen molar-refractivity contribution in [2.45, 2.75) is 6.92 Å². The number of anilines is 1. The third kappa shape index (κ3) is 4.98. The third-order valence-corrected chi connectivity index (χ3v) is 5.61. The van der Waals surface area contributed by atoms with Gasteiger partial charge < -0.3 is 9.73 Å². The molecular weight excluding hydrogens is 520 g/mol. The molecule has 0 radical (unpaired) electrons. The molecule has 0 aliphatic carbocycles. The molecule has 0 fully saturated rings. The largest absolute Gasteiger partial charge is 0.451 e. The number of carbonyl (C=O) groups excluding carboxylic acids is 1. The van der Waals surface area contributed by atoms with Crippen LogP contribution in [0, 0.1) is 10.5 Å². The molecule has 3 aromatic rings. The SMILES string of the molecule is Cc1nc(NC(=S)NC(=O)c2ccc(-c3ccc(Cl)c(Cl)c3)o2)ccc1I. The van der Waals surface area contributed by atoms with Crippen LogP contribution in [0.3, 0.4) is 0 Å². The Bertz CT molecular complexity index is 1040. The van der Waals surface area contributed by atoms with Crippen LogP contribution >= 0.6 is 58.0 Å². The van der Waals surface area contributed by atoms with Crippen LogP contribution in [0.5, 0.6) is 0 Å². The smallest absolute Gasteiger partial charge is 0.293 e. The Morgan fingerprint density at radius 2 is 1.93 bits per heavy atom. The van der Waals surface area contributed by atoms with Gasteiger partial charge in [0.15, 0.2) is 10.9 Å². The summed E-state index contributed by atoms with van der Waals surface area (Å²) in [6.45, 7) is 1.89. The van der Waals surface area contributed by atoms with Crippen LogP contribution in [0.4, 0.5) is 5.82 Å². The second-order valence-corrected chi connectivity index (χ2v) is 7.85. The van der Waals surface area contributed by atoms with E-state index in [1.807, 2.05) is 13.0 Å². The number of hydrogen-bond donors (Lipinski definition) is 2. The molecule has 1 aromatic carbocycles. The summed E-state index contributed by atoms with van der Waals surface area (Å²) in [6.07, 6.45) is 0. The average molecular weight is 532 g/mol. The minimum atomic E-state index is -0.471. The fourth-order valence-corrected chi connectivity index (χ4v) is 2.99.